The normalized spacial score (nSPS) is 11.7. The Balaban J connectivity index is 1.09. The molecule has 0 aliphatic rings. The molecule has 12 aromatic rings. The molecule has 0 atom stereocenters. The molecule has 2 aromatic heterocycles. The van der Waals surface area contributed by atoms with Gasteiger partial charge in [-0.25, -0.2) is 0 Å². The Labute approximate surface area is 341 Å². The summed E-state index contributed by atoms with van der Waals surface area (Å²) < 4.78 is 9.19. The van der Waals surface area contributed by atoms with Crippen LogP contribution in [0.3, 0.4) is 0 Å². The molecule has 0 amide bonds. The third-order valence-electron chi connectivity index (χ3n) is 12.0. The molecule has 0 bridgehead atoms. The largest absolute Gasteiger partial charge is 0.456 e. The van der Waals surface area contributed by atoms with E-state index in [1.807, 2.05) is 0 Å². The van der Waals surface area contributed by atoms with E-state index in [2.05, 4.69) is 228 Å². The minimum absolute atomic E-state index is 0.876. The van der Waals surface area contributed by atoms with Gasteiger partial charge in [0.15, 0.2) is 0 Å². The molecule has 10 aromatic carbocycles. The summed E-state index contributed by atoms with van der Waals surface area (Å²) in [5.74, 6) is 0. The summed E-state index contributed by atoms with van der Waals surface area (Å²) in [7, 11) is 0. The Bertz CT molecular complexity index is 3530. The van der Waals surface area contributed by atoms with Gasteiger partial charge >= 0.3 is 0 Å². The lowest BCUT2D eigenvalue weighted by atomic mass is 9.88. The Morgan fingerprint density at radius 1 is 0.356 bits per heavy atom. The number of benzene rings is 10. The maximum atomic E-state index is 6.77. The van der Waals surface area contributed by atoms with Crippen LogP contribution in [0.15, 0.2) is 223 Å². The molecule has 59 heavy (non-hydrogen) atoms. The average Bonchev–Trinajstić information content (AvgIpc) is 3.85. The number of anilines is 3. The number of para-hydroxylation sites is 3. The lowest BCUT2D eigenvalue weighted by Crippen LogP contribution is -2.10. The van der Waals surface area contributed by atoms with Gasteiger partial charge in [-0.2, -0.15) is 0 Å². The molecule has 0 unspecified atom stereocenters. The first-order valence-electron chi connectivity index (χ1n) is 20.2. The summed E-state index contributed by atoms with van der Waals surface area (Å²) >= 11 is 0. The number of nitrogens with zero attached hydrogens (tertiary/aromatic N) is 2. The fourth-order valence-electron chi connectivity index (χ4n) is 9.35. The number of fused-ring (bicyclic) bond motifs is 9. The number of hydrogen-bond donors (Lipinski definition) is 0. The predicted octanol–water partition coefficient (Wildman–Crippen LogP) is 15.8. The molecule has 0 spiro atoms. The van der Waals surface area contributed by atoms with Crippen molar-refractivity contribution in [3.8, 4) is 27.9 Å². The van der Waals surface area contributed by atoms with Gasteiger partial charge in [0, 0.05) is 55.9 Å². The van der Waals surface area contributed by atoms with Gasteiger partial charge in [-0.05, 0) is 105 Å². The maximum absolute atomic E-state index is 6.77. The van der Waals surface area contributed by atoms with E-state index in [1.54, 1.807) is 0 Å². The van der Waals surface area contributed by atoms with E-state index in [-0.39, 0.29) is 0 Å². The molecule has 12 rings (SSSR count). The summed E-state index contributed by atoms with van der Waals surface area (Å²) in [6.07, 6.45) is 0. The van der Waals surface area contributed by atoms with Gasteiger partial charge in [0.1, 0.15) is 11.2 Å². The number of aromatic nitrogens is 1. The highest BCUT2D eigenvalue weighted by atomic mass is 16.3. The summed E-state index contributed by atoms with van der Waals surface area (Å²) in [6, 6.07) is 78.5. The van der Waals surface area contributed by atoms with E-state index < -0.39 is 0 Å². The minimum Gasteiger partial charge on any atom is -0.456 e. The van der Waals surface area contributed by atoms with Crippen LogP contribution >= 0.6 is 0 Å². The first-order chi connectivity index (χ1) is 29.3. The smallest absolute Gasteiger partial charge is 0.138 e. The van der Waals surface area contributed by atoms with Crippen LogP contribution in [0.5, 0.6) is 0 Å². The summed E-state index contributed by atoms with van der Waals surface area (Å²) in [4.78, 5) is 2.32. The zero-order valence-corrected chi connectivity index (χ0v) is 32.1. The first kappa shape index (κ1) is 33.3. The van der Waals surface area contributed by atoms with Crippen molar-refractivity contribution >= 4 is 82.4 Å². The number of rotatable bonds is 6. The molecule has 3 nitrogen and oxygen atoms in total. The van der Waals surface area contributed by atoms with E-state index in [0.717, 1.165) is 55.7 Å². The van der Waals surface area contributed by atoms with Crippen LogP contribution in [0.4, 0.5) is 17.1 Å². The van der Waals surface area contributed by atoms with Crippen LogP contribution in [0.2, 0.25) is 0 Å². The number of furan rings is 1. The fraction of sp³-hybridized carbons (Fsp3) is 0. The third-order valence-corrected chi connectivity index (χ3v) is 12.0. The highest BCUT2D eigenvalue weighted by Gasteiger charge is 2.24. The molecule has 0 aliphatic carbocycles. The minimum atomic E-state index is 0.876. The molecule has 276 valence electrons. The predicted molar refractivity (Wildman–Crippen MR) is 249 cm³/mol. The molecule has 2 heterocycles. The highest BCUT2D eigenvalue weighted by molar-refractivity contribution is 6.30. The monoisotopic (exact) mass is 752 g/mol. The SMILES string of the molecule is c1ccc(-c2ccc(N(c3ccccc3)c3ccc(-n4c5ccccc5c5c(-c6cc7ccccc7c7ccccc67)c6c(cc54)oc4ccccc46)cc3)cc2)cc1. The van der Waals surface area contributed by atoms with Gasteiger partial charge in [-0.15, -0.1) is 0 Å². The number of hydrogen-bond acceptors (Lipinski definition) is 2. The van der Waals surface area contributed by atoms with Crippen molar-refractivity contribution in [3.05, 3.63) is 218 Å². The standard InChI is InChI=1S/C56H36N2O/c1-3-15-37(16-4-1)38-27-29-41(30-28-38)57(40-18-5-2-6-19-40)42-31-33-43(34-32-42)58-50-25-13-11-23-47(50)54-51(58)36-53-55(48-24-12-14-26-52(48)59-53)56(54)49-35-39-17-7-8-20-44(39)45-21-9-10-22-46(45)49/h1-36H. The zero-order chi connectivity index (χ0) is 38.9. The topological polar surface area (TPSA) is 21.3 Å². The van der Waals surface area contributed by atoms with Crippen molar-refractivity contribution in [2.24, 2.45) is 0 Å². The summed E-state index contributed by atoms with van der Waals surface area (Å²) in [6.45, 7) is 0. The molecule has 0 aliphatic heterocycles. The third kappa shape index (κ3) is 5.29. The van der Waals surface area contributed by atoms with Crippen LogP contribution in [0, 0.1) is 0 Å². The van der Waals surface area contributed by atoms with Crippen molar-refractivity contribution < 1.29 is 4.42 Å². The van der Waals surface area contributed by atoms with Crippen molar-refractivity contribution in [2.75, 3.05) is 4.90 Å². The lowest BCUT2D eigenvalue weighted by molar-refractivity contribution is 0.669. The fourth-order valence-corrected chi connectivity index (χ4v) is 9.35. The molecule has 0 saturated heterocycles. The van der Waals surface area contributed by atoms with E-state index >= 15 is 0 Å². The second-order valence-corrected chi connectivity index (χ2v) is 15.3. The van der Waals surface area contributed by atoms with E-state index in [9.17, 15) is 0 Å². The Morgan fingerprint density at radius 2 is 0.915 bits per heavy atom. The molecular weight excluding hydrogens is 717 g/mol. The highest BCUT2D eigenvalue weighted by Crippen LogP contribution is 2.49. The Morgan fingerprint density at radius 3 is 1.68 bits per heavy atom. The quantitative estimate of drug-likeness (QED) is 0.158. The van der Waals surface area contributed by atoms with E-state index in [1.165, 1.54) is 54.6 Å². The molecule has 3 heteroatoms. The van der Waals surface area contributed by atoms with Gasteiger partial charge in [0.05, 0.1) is 11.0 Å². The van der Waals surface area contributed by atoms with Crippen LogP contribution in [-0.2, 0) is 0 Å². The van der Waals surface area contributed by atoms with Gasteiger partial charge < -0.3 is 13.9 Å². The second kappa shape index (κ2) is 13.4. The summed E-state index contributed by atoms with van der Waals surface area (Å²) in [5, 5.41) is 9.63. The van der Waals surface area contributed by atoms with Crippen molar-refractivity contribution in [1.82, 2.24) is 4.57 Å². The van der Waals surface area contributed by atoms with E-state index in [0.29, 0.717) is 0 Å². The summed E-state index contributed by atoms with van der Waals surface area (Å²) in [5.41, 5.74) is 13.2. The van der Waals surface area contributed by atoms with Crippen molar-refractivity contribution in [3.63, 3.8) is 0 Å². The van der Waals surface area contributed by atoms with Crippen LogP contribution < -0.4 is 4.90 Å². The first-order valence-corrected chi connectivity index (χ1v) is 20.2. The van der Waals surface area contributed by atoms with Gasteiger partial charge in [-0.3, -0.25) is 0 Å². The lowest BCUT2D eigenvalue weighted by Gasteiger charge is -2.26. The Kier molecular flexibility index (Phi) is 7.54. The molecule has 0 saturated carbocycles. The van der Waals surface area contributed by atoms with Crippen LogP contribution in [0.25, 0.3) is 93.2 Å². The van der Waals surface area contributed by atoms with Crippen LogP contribution in [0.1, 0.15) is 0 Å². The Hall–Kier alpha value is -7.88. The van der Waals surface area contributed by atoms with Crippen molar-refractivity contribution in [1.29, 1.82) is 0 Å². The molecule has 0 radical (unpaired) electrons. The van der Waals surface area contributed by atoms with Gasteiger partial charge in [0.25, 0.3) is 0 Å². The average molecular weight is 753 g/mol. The molecule has 0 N–H and O–H groups in total. The van der Waals surface area contributed by atoms with Crippen LogP contribution in [-0.4, -0.2) is 4.57 Å². The molecular formula is C56H36N2O. The second-order valence-electron chi connectivity index (χ2n) is 15.3. The maximum Gasteiger partial charge on any atom is 0.138 e. The molecule has 0 fully saturated rings. The van der Waals surface area contributed by atoms with Crippen molar-refractivity contribution in [2.45, 2.75) is 0 Å². The van der Waals surface area contributed by atoms with Gasteiger partial charge in [-0.1, -0.05) is 146 Å². The van der Waals surface area contributed by atoms with Gasteiger partial charge in [0.2, 0.25) is 0 Å². The van der Waals surface area contributed by atoms with E-state index in [4.69, 9.17) is 4.42 Å². The zero-order valence-electron chi connectivity index (χ0n) is 32.1.